The molecule has 0 radical (unpaired) electrons. The molecule has 3 nitrogen and oxygen atoms in total. The first kappa shape index (κ1) is 21.6. The molecule has 0 aliphatic carbocycles. The Kier molecular flexibility index (Phi) is 8.95. The molecule has 0 saturated heterocycles. The van der Waals surface area contributed by atoms with Crippen molar-refractivity contribution in [1.82, 2.24) is 5.32 Å². The van der Waals surface area contributed by atoms with Gasteiger partial charge in [0.1, 0.15) is 6.61 Å². The molecule has 0 unspecified atom stereocenters. The van der Waals surface area contributed by atoms with Crippen molar-refractivity contribution < 1.29 is 9.47 Å². The molecule has 2 aromatic carbocycles. The first-order chi connectivity index (χ1) is 12.7. The fraction of sp³-hybridized carbons (Fsp3) is 0.238. The van der Waals surface area contributed by atoms with Gasteiger partial charge in [-0.15, -0.1) is 23.7 Å². The molecule has 144 valence electrons. The fourth-order valence-corrected chi connectivity index (χ4v) is 3.34. The summed E-state index contributed by atoms with van der Waals surface area (Å²) in [5.74, 6) is 1.53. The molecule has 0 aliphatic heterocycles. The van der Waals surface area contributed by atoms with E-state index in [9.17, 15) is 0 Å². The van der Waals surface area contributed by atoms with Crippen molar-refractivity contribution in [2.45, 2.75) is 26.6 Å². The van der Waals surface area contributed by atoms with E-state index in [0.29, 0.717) is 13.2 Å². The van der Waals surface area contributed by atoms with Crippen LogP contribution >= 0.6 is 35.3 Å². The molecule has 3 aromatic rings. The highest BCUT2D eigenvalue weighted by molar-refractivity contribution is 7.09. The second-order valence-electron chi connectivity index (χ2n) is 5.81. The molecule has 1 aromatic heterocycles. The van der Waals surface area contributed by atoms with E-state index in [0.717, 1.165) is 35.2 Å². The van der Waals surface area contributed by atoms with E-state index in [4.69, 9.17) is 21.1 Å². The van der Waals surface area contributed by atoms with Crippen molar-refractivity contribution in [2.24, 2.45) is 0 Å². The summed E-state index contributed by atoms with van der Waals surface area (Å²) < 4.78 is 11.7. The van der Waals surface area contributed by atoms with E-state index < -0.39 is 0 Å². The third-order valence-electron chi connectivity index (χ3n) is 3.82. The Bertz CT molecular complexity index is 808. The van der Waals surface area contributed by atoms with Gasteiger partial charge in [0.05, 0.1) is 6.61 Å². The van der Waals surface area contributed by atoms with Crippen LogP contribution in [-0.4, -0.2) is 6.61 Å². The summed E-state index contributed by atoms with van der Waals surface area (Å²) in [5, 5.41) is 6.28. The first-order valence-corrected chi connectivity index (χ1v) is 9.86. The number of halogens is 2. The smallest absolute Gasteiger partial charge is 0.161 e. The predicted molar refractivity (Wildman–Crippen MR) is 116 cm³/mol. The third-order valence-corrected chi connectivity index (χ3v) is 4.95. The average Bonchev–Trinajstić information content (AvgIpc) is 3.16. The van der Waals surface area contributed by atoms with Gasteiger partial charge in [0.15, 0.2) is 11.5 Å². The average molecular weight is 424 g/mol. The Balaban J connectivity index is 0.00000261. The van der Waals surface area contributed by atoms with Crippen LogP contribution in [0.25, 0.3) is 0 Å². The standard InChI is InChI=1S/C21H22ClNO2S.ClH/c1-2-24-21-12-17(13-23-14-19-4-3-11-26-19)7-10-20(21)25-15-16-5-8-18(22)9-6-16;/h3-12,23H,2,13-15H2,1H3;1H. The first-order valence-electron chi connectivity index (χ1n) is 8.60. The Morgan fingerprint density at radius 3 is 2.41 bits per heavy atom. The minimum Gasteiger partial charge on any atom is -0.490 e. The minimum absolute atomic E-state index is 0. The van der Waals surface area contributed by atoms with Gasteiger partial charge in [-0.2, -0.15) is 0 Å². The largest absolute Gasteiger partial charge is 0.490 e. The zero-order valence-electron chi connectivity index (χ0n) is 15.1. The van der Waals surface area contributed by atoms with Crippen LogP contribution in [0.1, 0.15) is 22.9 Å². The zero-order chi connectivity index (χ0) is 18.2. The van der Waals surface area contributed by atoms with Crippen LogP contribution in [0.3, 0.4) is 0 Å². The SMILES string of the molecule is CCOc1cc(CNCc2cccs2)ccc1OCc1ccc(Cl)cc1.Cl. The molecule has 0 amide bonds. The Morgan fingerprint density at radius 1 is 0.926 bits per heavy atom. The van der Waals surface area contributed by atoms with Crippen LogP contribution in [0.2, 0.25) is 5.02 Å². The summed E-state index contributed by atoms with van der Waals surface area (Å²) in [5.41, 5.74) is 2.24. The lowest BCUT2D eigenvalue weighted by Gasteiger charge is -2.14. The van der Waals surface area contributed by atoms with Gasteiger partial charge >= 0.3 is 0 Å². The highest BCUT2D eigenvalue weighted by Crippen LogP contribution is 2.29. The maximum absolute atomic E-state index is 5.95. The van der Waals surface area contributed by atoms with Gasteiger partial charge in [0, 0.05) is 23.0 Å². The molecule has 0 spiro atoms. The summed E-state index contributed by atoms with van der Waals surface area (Å²) in [4.78, 5) is 1.33. The second kappa shape index (κ2) is 11.2. The highest BCUT2D eigenvalue weighted by Gasteiger charge is 2.07. The Labute approximate surface area is 175 Å². The molecule has 0 aliphatic rings. The Morgan fingerprint density at radius 2 is 1.70 bits per heavy atom. The fourth-order valence-electron chi connectivity index (χ4n) is 2.53. The number of benzene rings is 2. The maximum Gasteiger partial charge on any atom is 0.161 e. The van der Waals surface area contributed by atoms with Gasteiger partial charge in [-0.3, -0.25) is 0 Å². The van der Waals surface area contributed by atoms with E-state index in [-0.39, 0.29) is 12.4 Å². The molecule has 27 heavy (non-hydrogen) atoms. The topological polar surface area (TPSA) is 30.5 Å². The van der Waals surface area contributed by atoms with Crippen molar-refractivity contribution in [2.75, 3.05) is 6.61 Å². The van der Waals surface area contributed by atoms with Gasteiger partial charge in [-0.05, 0) is 53.8 Å². The van der Waals surface area contributed by atoms with Crippen LogP contribution in [0.4, 0.5) is 0 Å². The number of thiophene rings is 1. The lowest BCUT2D eigenvalue weighted by Crippen LogP contribution is -2.12. The maximum atomic E-state index is 5.95. The van der Waals surface area contributed by atoms with Gasteiger partial charge in [0.25, 0.3) is 0 Å². The minimum atomic E-state index is 0. The van der Waals surface area contributed by atoms with Gasteiger partial charge in [-0.25, -0.2) is 0 Å². The van der Waals surface area contributed by atoms with E-state index in [1.165, 1.54) is 10.4 Å². The lowest BCUT2D eigenvalue weighted by atomic mass is 10.2. The van der Waals surface area contributed by atoms with Crippen molar-refractivity contribution >= 4 is 35.3 Å². The van der Waals surface area contributed by atoms with Crippen molar-refractivity contribution in [1.29, 1.82) is 0 Å². The lowest BCUT2D eigenvalue weighted by molar-refractivity contribution is 0.269. The molecule has 0 saturated carbocycles. The van der Waals surface area contributed by atoms with E-state index >= 15 is 0 Å². The molecule has 0 atom stereocenters. The number of nitrogens with one attached hydrogen (secondary N) is 1. The predicted octanol–water partition coefficient (Wildman–Crippen LogP) is 6.09. The normalized spacial score (nSPS) is 10.3. The van der Waals surface area contributed by atoms with Crippen molar-refractivity contribution in [3.8, 4) is 11.5 Å². The van der Waals surface area contributed by atoms with Crippen LogP contribution in [0, 0.1) is 0 Å². The van der Waals surface area contributed by atoms with Crippen LogP contribution in [0.15, 0.2) is 60.0 Å². The number of rotatable bonds is 9. The molecular formula is C21H23Cl2NO2S. The van der Waals surface area contributed by atoms with Crippen LogP contribution in [-0.2, 0) is 19.7 Å². The van der Waals surface area contributed by atoms with Crippen molar-refractivity contribution in [3.05, 3.63) is 81.0 Å². The number of ether oxygens (including phenoxy) is 2. The van der Waals surface area contributed by atoms with E-state index in [1.807, 2.05) is 43.3 Å². The molecule has 0 bridgehead atoms. The zero-order valence-corrected chi connectivity index (χ0v) is 17.5. The second-order valence-corrected chi connectivity index (χ2v) is 7.28. The summed E-state index contributed by atoms with van der Waals surface area (Å²) in [6.07, 6.45) is 0. The van der Waals surface area contributed by atoms with Crippen molar-refractivity contribution in [3.63, 3.8) is 0 Å². The quantitative estimate of drug-likeness (QED) is 0.451. The molecular weight excluding hydrogens is 401 g/mol. The van der Waals surface area contributed by atoms with E-state index in [2.05, 4.69) is 28.9 Å². The van der Waals surface area contributed by atoms with E-state index in [1.54, 1.807) is 11.3 Å². The third kappa shape index (κ3) is 6.74. The summed E-state index contributed by atoms with van der Waals surface area (Å²) >= 11 is 7.68. The molecule has 1 heterocycles. The van der Waals surface area contributed by atoms with Crippen LogP contribution in [0.5, 0.6) is 11.5 Å². The number of hydrogen-bond acceptors (Lipinski definition) is 4. The molecule has 3 rings (SSSR count). The van der Waals surface area contributed by atoms with Gasteiger partial charge < -0.3 is 14.8 Å². The van der Waals surface area contributed by atoms with Crippen LogP contribution < -0.4 is 14.8 Å². The molecule has 0 fully saturated rings. The number of hydrogen-bond donors (Lipinski definition) is 1. The Hall–Kier alpha value is -1.72. The molecule has 1 N–H and O–H groups in total. The van der Waals surface area contributed by atoms with Gasteiger partial charge in [-0.1, -0.05) is 35.9 Å². The summed E-state index contributed by atoms with van der Waals surface area (Å²) in [6, 6.07) is 18.0. The summed E-state index contributed by atoms with van der Waals surface area (Å²) in [6.45, 7) is 4.72. The summed E-state index contributed by atoms with van der Waals surface area (Å²) in [7, 11) is 0. The van der Waals surface area contributed by atoms with Gasteiger partial charge in [0.2, 0.25) is 0 Å². The highest BCUT2D eigenvalue weighted by atomic mass is 35.5. The molecule has 6 heteroatoms. The monoisotopic (exact) mass is 423 g/mol.